The van der Waals surface area contributed by atoms with Gasteiger partial charge >= 0.3 is 5.97 Å². The largest absolute Gasteiger partial charge is 0.450 e. The number of esters is 1. The van der Waals surface area contributed by atoms with Crippen molar-refractivity contribution >= 4 is 59.0 Å². The number of ether oxygens (including phenoxy) is 1. The molecule has 4 N–H and O–H groups in total. The maximum absolute atomic E-state index is 15.9. The summed E-state index contributed by atoms with van der Waals surface area (Å²) in [5.41, 5.74) is 1.14. The van der Waals surface area contributed by atoms with Crippen LogP contribution in [0.2, 0.25) is 0 Å². The van der Waals surface area contributed by atoms with E-state index in [-0.39, 0.29) is 38.1 Å². The minimum Gasteiger partial charge on any atom is -0.450 e. The van der Waals surface area contributed by atoms with E-state index in [1.165, 1.54) is 61.6 Å². The minimum atomic E-state index is -1.99. The van der Waals surface area contributed by atoms with E-state index in [1.54, 1.807) is 59.9 Å². The van der Waals surface area contributed by atoms with E-state index in [9.17, 15) is 19.5 Å². The van der Waals surface area contributed by atoms with Gasteiger partial charge in [-0.25, -0.2) is 9.78 Å². The first-order valence-corrected chi connectivity index (χ1v) is 33.0. The van der Waals surface area contributed by atoms with Crippen LogP contribution < -0.4 is 20.9 Å². The fourth-order valence-corrected chi connectivity index (χ4v) is 13.0. The number of fused-ring (bicyclic) bond motifs is 1. The molecule has 0 spiro atoms. The Labute approximate surface area is 545 Å². The monoisotopic (exact) mass is 1280 g/mol. The number of piperazine rings is 1. The van der Waals surface area contributed by atoms with Crippen molar-refractivity contribution in [3.8, 4) is 11.1 Å². The molecule has 3 aliphatic heterocycles. The maximum Gasteiger partial charge on any atom is 0.332 e. The first-order chi connectivity index (χ1) is 43.3. The summed E-state index contributed by atoms with van der Waals surface area (Å²) in [6, 6.07) is 10.4. The molecule has 6 rings (SSSR count). The molecule has 11 atom stereocenters. The van der Waals surface area contributed by atoms with Gasteiger partial charge in [0.1, 0.15) is 48.1 Å². The average Bonchev–Trinajstić information content (AvgIpc) is 1.17. The molecule has 0 radical (unpaired) electrons. The van der Waals surface area contributed by atoms with Gasteiger partial charge in [0.25, 0.3) is 5.91 Å². The average molecular weight is 1280 g/mol. The molecule has 3 saturated heterocycles. The lowest BCUT2D eigenvalue weighted by Crippen LogP contribution is -2.63. The van der Waals surface area contributed by atoms with Gasteiger partial charge < -0.3 is 60.1 Å². The molecule has 8 amide bonds. The summed E-state index contributed by atoms with van der Waals surface area (Å²) in [6.07, 6.45) is 1.68. The number of amides is 8. The van der Waals surface area contributed by atoms with Gasteiger partial charge in [0.2, 0.25) is 41.4 Å². The van der Waals surface area contributed by atoms with Gasteiger partial charge in [-0.2, -0.15) is 0 Å². The zero-order valence-electron chi connectivity index (χ0n) is 57.6. The number of carbonyl (C=O) groups excluding carboxylic acids is 9. The van der Waals surface area contributed by atoms with Crippen LogP contribution in [0.15, 0.2) is 72.9 Å². The normalized spacial score (nSPS) is 25.7. The number of aromatic nitrogens is 1. The van der Waals surface area contributed by atoms with E-state index in [0.717, 1.165) is 48.0 Å². The Morgan fingerprint density at radius 3 is 1.73 bits per heavy atom. The summed E-state index contributed by atoms with van der Waals surface area (Å²) in [5, 5.41) is 20.7. The van der Waals surface area contributed by atoms with Gasteiger partial charge in [-0.05, 0) is 105 Å². The molecule has 0 aliphatic carbocycles. The molecule has 0 bridgehead atoms. The fraction of sp³-hybridized carbons (Fsp3) is 0.629. The predicted molar refractivity (Wildman–Crippen MR) is 354 cm³/mol. The lowest BCUT2D eigenvalue weighted by atomic mass is 9.93. The Bertz CT molecular complexity index is 3050. The Hall–Kier alpha value is -7.46. The Morgan fingerprint density at radius 1 is 0.587 bits per heavy atom. The van der Waals surface area contributed by atoms with Crippen LogP contribution in [0.25, 0.3) is 11.1 Å². The van der Waals surface area contributed by atoms with E-state index < -0.39 is 137 Å². The third-order valence-electron chi connectivity index (χ3n) is 18.8. The summed E-state index contributed by atoms with van der Waals surface area (Å²) in [7, 11) is 7.80. The Morgan fingerprint density at radius 2 is 1.15 bits per heavy atom. The molecule has 0 saturated carbocycles. The van der Waals surface area contributed by atoms with Gasteiger partial charge in [0.05, 0.1) is 5.60 Å². The number of anilines is 1. The van der Waals surface area contributed by atoms with Crippen molar-refractivity contribution in [2.45, 2.75) is 188 Å². The summed E-state index contributed by atoms with van der Waals surface area (Å²) < 4.78 is 6.15. The van der Waals surface area contributed by atoms with Gasteiger partial charge in [0, 0.05) is 85.9 Å². The molecule has 3 fully saturated rings. The molecule has 92 heavy (non-hydrogen) atoms. The zero-order valence-corrected chi connectivity index (χ0v) is 57.6. The number of rotatable bonds is 15. The van der Waals surface area contributed by atoms with E-state index in [0.29, 0.717) is 30.4 Å². The van der Waals surface area contributed by atoms with Gasteiger partial charge in [0.15, 0.2) is 12.1 Å². The van der Waals surface area contributed by atoms with Crippen LogP contribution in [-0.4, -0.2) is 221 Å². The highest BCUT2D eigenvalue weighted by Gasteiger charge is 2.48. The number of hydrogen-bond acceptors (Lipinski definition) is 14. The summed E-state index contributed by atoms with van der Waals surface area (Å²) >= 11 is 0. The van der Waals surface area contributed by atoms with Gasteiger partial charge in [-0.1, -0.05) is 130 Å². The number of nitrogens with one attached hydrogen (secondary N) is 3. The third kappa shape index (κ3) is 18.0. The van der Waals surface area contributed by atoms with Crippen LogP contribution >= 0.6 is 0 Å². The van der Waals surface area contributed by atoms with Crippen LogP contribution in [0, 0.1) is 29.6 Å². The van der Waals surface area contributed by atoms with Crippen LogP contribution in [0.4, 0.5) is 5.82 Å². The quantitative estimate of drug-likeness (QED) is 0.143. The third-order valence-corrected chi connectivity index (χ3v) is 18.8. The molecule has 22 nitrogen and oxygen atoms in total. The molecule has 506 valence electrons. The number of benzene rings is 2. The molecule has 3 aromatic rings. The number of hydrogen-bond donors (Lipinski definition) is 4. The highest BCUT2D eigenvalue weighted by molar-refractivity contribution is 5.99. The first kappa shape index (κ1) is 73.6. The smallest absolute Gasteiger partial charge is 0.332 e. The van der Waals surface area contributed by atoms with Crippen LogP contribution in [0.1, 0.15) is 126 Å². The van der Waals surface area contributed by atoms with E-state index >= 15 is 28.8 Å². The molecule has 4 heterocycles. The second-order valence-corrected chi connectivity index (χ2v) is 27.6. The maximum atomic E-state index is 15.9. The second kappa shape index (κ2) is 32.4. The highest BCUT2D eigenvalue weighted by atomic mass is 16.6. The standard InChI is InChI=1S/C70H105N11O11/c1-18-45(9)56-67(88)77(15)57(43(5)6)62(83)72-51(37-42(3)4)65(86)79(17)60(70(11,12)91)69(90)92-59(46(10)19-2)68(89)78(16)58(44(7)8)63(84)73-52(39-47-25-21-20-22-26-47)64(85)76(14)54(66(87)81-32-24-29-53(81)61(82)74-56)40-48-27-23-28-49(38-48)50-30-31-71-55(41-50)80-35-33-75(13)34-36-80/h20-23,25-28,30-31,38,41-46,51-54,56-60,91H,18-19,24,29,32-37,39-40H2,1-17H3,(H,72,83)(H,73,84)(H,74,82)/t45-,46-,51-,52-,53-,54-,56-,57?,58?,59+,60+/m0/s1. The molecule has 1 aromatic heterocycles. The van der Waals surface area contributed by atoms with Crippen molar-refractivity contribution in [3.63, 3.8) is 0 Å². The number of cyclic esters (lactones) is 1. The lowest BCUT2D eigenvalue weighted by molar-refractivity contribution is -0.177. The number of nitrogens with zero attached hydrogens (tertiary/aromatic N) is 8. The van der Waals surface area contributed by atoms with Crippen molar-refractivity contribution in [2.75, 3.05) is 72.9 Å². The van der Waals surface area contributed by atoms with Crippen molar-refractivity contribution in [1.29, 1.82) is 0 Å². The van der Waals surface area contributed by atoms with Crippen molar-refractivity contribution in [3.05, 3.63) is 84.1 Å². The molecule has 2 aromatic carbocycles. The molecule has 22 heteroatoms. The number of pyridine rings is 1. The van der Waals surface area contributed by atoms with Gasteiger partial charge in [-0.3, -0.25) is 38.4 Å². The lowest BCUT2D eigenvalue weighted by Gasteiger charge is -2.39. The SMILES string of the molecule is CC[C@H](C)[C@@H]1NC(=O)[C@@H]2CCCN2C(=O)[C@H](Cc2cccc(-c3ccnc(N4CCN(C)CC4)c3)c2)N(C)C(=O)[C@H](Cc2ccccc2)NC(=O)C(C(C)C)N(C)C(=O)[C@@H]([C@@H](C)CC)OC(=O)[C@H](C(C)(C)O)N(C)C(=O)[C@H](CC(C)C)NC(=O)C(C(C)C)N(C)C1=O. The van der Waals surface area contributed by atoms with Crippen molar-refractivity contribution in [2.24, 2.45) is 29.6 Å². The minimum absolute atomic E-state index is 0.0189. The van der Waals surface area contributed by atoms with E-state index in [4.69, 9.17) is 9.72 Å². The Balaban J connectivity index is 1.52. The molecule has 3 aliphatic rings. The summed E-state index contributed by atoms with van der Waals surface area (Å²) in [4.78, 5) is 152. The van der Waals surface area contributed by atoms with Crippen molar-refractivity contribution < 1.29 is 53.0 Å². The number of aliphatic hydroxyl groups is 1. The predicted octanol–water partition coefficient (Wildman–Crippen LogP) is 5.19. The molecular formula is C70H105N11O11. The number of carbonyl (C=O) groups is 9. The molecular weight excluding hydrogens is 1170 g/mol. The van der Waals surface area contributed by atoms with E-state index in [1.807, 2.05) is 82.3 Å². The number of likely N-dealkylation sites (N-methyl/N-ethyl adjacent to an activating group) is 5. The Kier molecular flexibility index (Phi) is 25.9. The summed E-state index contributed by atoms with van der Waals surface area (Å²) in [6.45, 7) is 24.1. The topological polar surface area (TPSA) is 255 Å². The summed E-state index contributed by atoms with van der Waals surface area (Å²) in [5.74, 6) is -8.01. The highest BCUT2D eigenvalue weighted by Crippen LogP contribution is 2.30. The molecule has 2 unspecified atom stereocenters. The van der Waals surface area contributed by atoms with Crippen LogP contribution in [-0.2, 0) is 60.7 Å². The van der Waals surface area contributed by atoms with E-state index in [2.05, 4.69) is 32.8 Å². The zero-order chi connectivity index (χ0) is 68.2. The van der Waals surface area contributed by atoms with Crippen LogP contribution in [0.3, 0.4) is 0 Å². The fourth-order valence-electron chi connectivity index (χ4n) is 13.0. The van der Waals surface area contributed by atoms with Gasteiger partial charge in [-0.15, -0.1) is 0 Å². The first-order valence-electron chi connectivity index (χ1n) is 33.0. The van der Waals surface area contributed by atoms with Crippen LogP contribution in [0.5, 0.6) is 0 Å². The van der Waals surface area contributed by atoms with Crippen molar-refractivity contribution in [1.82, 2.24) is 50.3 Å². The second-order valence-electron chi connectivity index (χ2n) is 27.6.